The van der Waals surface area contributed by atoms with Crippen molar-refractivity contribution in [3.05, 3.63) is 46.5 Å². The number of hydrogen-bond acceptors (Lipinski definition) is 1. The van der Waals surface area contributed by atoms with Gasteiger partial charge in [0.05, 0.1) is 0 Å². The van der Waals surface area contributed by atoms with Gasteiger partial charge < -0.3 is 5.32 Å². The van der Waals surface area contributed by atoms with Gasteiger partial charge in [0.2, 0.25) is 0 Å². The summed E-state index contributed by atoms with van der Waals surface area (Å²) < 4.78 is 0. The highest BCUT2D eigenvalue weighted by Crippen LogP contribution is 2.28. The minimum absolute atomic E-state index is 0.441. The molecule has 1 N–H and O–H groups in total. The van der Waals surface area contributed by atoms with Crippen LogP contribution in [-0.4, -0.2) is 6.54 Å². The minimum Gasteiger partial charge on any atom is -0.310 e. The molecule has 0 spiro atoms. The first-order valence-corrected chi connectivity index (χ1v) is 7.93. The zero-order valence-corrected chi connectivity index (χ0v) is 13.7. The van der Waals surface area contributed by atoms with E-state index in [2.05, 4.69) is 64.2 Å². The predicted octanol–water partition coefficient (Wildman–Crippen LogP) is 4.95. The second-order valence-corrected chi connectivity index (χ2v) is 6.79. The summed E-state index contributed by atoms with van der Waals surface area (Å²) in [6.45, 7) is 12.4. The van der Waals surface area contributed by atoms with E-state index in [4.69, 9.17) is 0 Å². The van der Waals surface area contributed by atoms with Crippen molar-refractivity contribution < 1.29 is 0 Å². The van der Waals surface area contributed by atoms with Crippen molar-refractivity contribution in [1.29, 1.82) is 0 Å². The van der Waals surface area contributed by atoms with E-state index < -0.39 is 0 Å². The number of rotatable bonds is 4. The van der Waals surface area contributed by atoms with E-state index >= 15 is 0 Å². The Balaban J connectivity index is 1.94. The summed E-state index contributed by atoms with van der Waals surface area (Å²) in [5.41, 5.74) is 5.75. The molecule has 1 aliphatic carbocycles. The maximum Gasteiger partial charge on any atom is 0.0294 e. The van der Waals surface area contributed by atoms with Gasteiger partial charge in [-0.15, -0.1) is 0 Å². The van der Waals surface area contributed by atoms with E-state index in [0.717, 1.165) is 18.4 Å². The van der Waals surface area contributed by atoms with Crippen LogP contribution in [-0.2, 0) is 0 Å². The summed E-state index contributed by atoms with van der Waals surface area (Å²) in [5.74, 6) is 1.54. The molecule has 0 heterocycles. The Bertz CT molecular complexity index is 487. The molecule has 0 bridgehead atoms. The largest absolute Gasteiger partial charge is 0.310 e. The summed E-state index contributed by atoms with van der Waals surface area (Å²) in [5, 5.41) is 3.75. The number of nitrogens with one attached hydrogen (secondary N) is 1. The van der Waals surface area contributed by atoms with Crippen molar-refractivity contribution in [2.75, 3.05) is 6.54 Å². The molecule has 20 heavy (non-hydrogen) atoms. The van der Waals surface area contributed by atoms with E-state index in [1.54, 1.807) is 5.57 Å². The summed E-state index contributed by atoms with van der Waals surface area (Å²) in [4.78, 5) is 0. The van der Waals surface area contributed by atoms with E-state index in [1.165, 1.54) is 29.5 Å². The Morgan fingerprint density at radius 3 is 2.70 bits per heavy atom. The Labute approximate surface area is 124 Å². The molecule has 0 saturated carbocycles. The lowest BCUT2D eigenvalue weighted by molar-refractivity contribution is 0.366. The third-order valence-corrected chi connectivity index (χ3v) is 4.50. The van der Waals surface area contributed by atoms with Crippen LogP contribution in [0.15, 0.2) is 29.8 Å². The molecule has 1 aromatic carbocycles. The first kappa shape index (κ1) is 15.3. The van der Waals surface area contributed by atoms with Gasteiger partial charge in [-0.3, -0.25) is 0 Å². The molecule has 110 valence electrons. The Morgan fingerprint density at radius 1 is 1.25 bits per heavy atom. The average Bonchev–Trinajstić information content (AvgIpc) is 2.38. The zero-order valence-electron chi connectivity index (χ0n) is 13.7. The van der Waals surface area contributed by atoms with Crippen LogP contribution in [0.2, 0.25) is 0 Å². The molecule has 1 aliphatic rings. The topological polar surface area (TPSA) is 12.0 Å². The van der Waals surface area contributed by atoms with Gasteiger partial charge in [0.1, 0.15) is 0 Å². The molecule has 0 aliphatic heterocycles. The Kier molecular flexibility index (Phi) is 5.04. The van der Waals surface area contributed by atoms with Crippen LogP contribution >= 0.6 is 0 Å². The number of allylic oxidation sites excluding steroid dienone is 2. The van der Waals surface area contributed by atoms with Crippen molar-refractivity contribution in [2.24, 2.45) is 11.8 Å². The lowest BCUT2D eigenvalue weighted by Gasteiger charge is -2.27. The molecule has 0 fully saturated rings. The monoisotopic (exact) mass is 271 g/mol. The third-order valence-electron chi connectivity index (χ3n) is 4.50. The maximum atomic E-state index is 3.75. The normalized spacial score (nSPS) is 24.4. The molecule has 1 aromatic rings. The first-order valence-electron chi connectivity index (χ1n) is 7.93. The second kappa shape index (κ2) is 6.58. The van der Waals surface area contributed by atoms with Crippen LogP contribution in [0, 0.1) is 25.7 Å². The molecule has 1 heteroatoms. The van der Waals surface area contributed by atoms with Crippen LogP contribution in [0.5, 0.6) is 0 Å². The van der Waals surface area contributed by atoms with Gasteiger partial charge in [-0.1, -0.05) is 42.3 Å². The zero-order chi connectivity index (χ0) is 14.7. The fraction of sp³-hybridized carbons (Fsp3) is 0.579. The van der Waals surface area contributed by atoms with Gasteiger partial charge in [0.15, 0.2) is 0 Å². The molecule has 2 rings (SSSR count). The van der Waals surface area contributed by atoms with Crippen molar-refractivity contribution >= 4 is 0 Å². The lowest BCUT2D eigenvalue weighted by Crippen LogP contribution is -2.28. The molecule has 0 aromatic heterocycles. The number of hydrogen-bond donors (Lipinski definition) is 1. The van der Waals surface area contributed by atoms with Crippen LogP contribution in [0.25, 0.3) is 0 Å². The van der Waals surface area contributed by atoms with Crippen LogP contribution in [0.1, 0.15) is 56.3 Å². The maximum absolute atomic E-state index is 3.75. The SMILES string of the molecule is CC1=CC(C)CC(CNC(C)c2cc(C)ccc2C)C1. The van der Waals surface area contributed by atoms with E-state index in [9.17, 15) is 0 Å². The minimum atomic E-state index is 0.441. The summed E-state index contributed by atoms with van der Waals surface area (Å²) >= 11 is 0. The Morgan fingerprint density at radius 2 is 2.00 bits per heavy atom. The van der Waals surface area contributed by atoms with Gasteiger partial charge in [0, 0.05) is 6.04 Å². The molecule has 0 radical (unpaired) electrons. The number of aryl methyl sites for hydroxylation is 2. The first-order chi connectivity index (χ1) is 9.45. The third kappa shape index (κ3) is 3.96. The summed E-state index contributed by atoms with van der Waals surface area (Å²) in [6, 6.07) is 7.19. The molecular formula is C19H29N. The molecular weight excluding hydrogens is 242 g/mol. The highest BCUT2D eigenvalue weighted by molar-refractivity contribution is 5.32. The van der Waals surface area contributed by atoms with Gasteiger partial charge in [-0.2, -0.15) is 0 Å². The molecule has 0 amide bonds. The van der Waals surface area contributed by atoms with Gasteiger partial charge in [-0.05, 0) is 70.0 Å². The highest BCUT2D eigenvalue weighted by Gasteiger charge is 2.19. The van der Waals surface area contributed by atoms with Crippen molar-refractivity contribution in [1.82, 2.24) is 5.32 Å². The fourth-order valence-corrected chi connectivity index (χ4v) is 3.52. The predicted molar refractivity (Wildman–Crippen MR) is 88.0 cm³/mol. The van der Waals surface area contributed by atoms with Gasteiger partial charge in [0.25, 0.3) is 0 Å². The van der Waals surface area contributed by atoms with Crippen molar-refractivity contribution in [3.8, 4) is 0 Å². The molecule has 3 atom stereocenters. The molecule has 0 saturated heterocycles. The van der Waals surface area contributed by atoms with Gasteiger partial charge in [-0.25, -0.2) is 0 Å². The second-order valence-electron chi connectivity index (χ2n) is 6.79. The average molecular weight is 271 g/mol. The smallest absolute Gasteiger partial charge is 0.0294 e. The van der Waals surface area contributed by atoms with E-state index in [1.807, 2.05) is 0 Å². The van der Waals surface area contributed by atoms with Crippen LogP contribution in [0.3, 0.4) is 0 Å². The number of benzene rings is 1. The summed E-state index contributed by atoms with van der Waals surface area (Å²) in [6.07, 6.45) is 5.02. The fourth-order valence-electron chi connectivity index (χ4n) is 3.52. The lowest BCUT2D eigenvalue weighted by atomic mass is 9.83. The quantitative estimate of drug-likeness (QED) is 0.764. The van der Waals surface area contributed by atoms with Crippen LogP contribution < -0.4 is 5.32 Å². The standard InChI is InChI=1S/C19H29N/c1-13-6-7-16(4)19(11-13)17(5)20-12-18-9-14(2)8-15(3)10-18/h6-8,11,14,17-18,20H,9-10,12H2,1-5H3. The van der Waals surface area contributed by atoms with Crippen molar-refractivity contribution in [2.45, 2.75) is 53.5 Å². The molecule has 3 unspecified atom stereocenters. The highest BCUT2D eigenvalue weighted by atomic mass is 14.9. The summed E-state index contributed by atoms with van der Waals surface area (Å²) in [7, 11) is 0. The van der Waals surface area contributed by atoms with Crippen molar-refractivity contribution in [3.63, 3.8) is 0 Å². The Hall–Kier alpha value is -1.08. The van der Waals surface area contributed by atoms with E-state index in [-0.39, 0.29) is 0 Å². The van der Waals surface area contributed by atoms with Gasteiger partial charge >= 0.3 is 0 Å². The molecule has 1 nitrogen and oxygen atoms in total. The van der Waals surface area contributed by atoms with Crippen LogP contribution in [0.4, 0.5) is 0 Å². The van der Waals surface area contributed by atoms with E-state index in [0.29, 0.717) is 6.04 Å².